The number of aryl methyl sites for hydroxylation is 1. The number of halogens is 2. The van der Waals surface area contributed by atoms with E-state index in [1.165, 1.54) is 17.9 Å². The Balaban J connectivity index is 1.89. The number of rotatable bonds is 5. The van der Waals surface area contributed by atoms with Crippen LogP contribution in [0.2, 0.25) is 0 Å². The number of hydrogen-bond donors (Lipinski definition) is 1. The van der Waals surface area contributed by atoms with Gasteiger partial charge >= 0.3 is 5.92 Å². The van der Waals surface area contributed by atoms with E-state index in [0.29, 0.717) is 23.6 Å². The van der Waals surface area contributed by atoms with E-state index in [1.54, 1.807) is 35.2 Å². The average Bonchev–Trinajstić information content (AvgIpc) is 3.33. The Labute approximate surface area is 169 Å². The van der Waals surface area contributed by atoms with E-state index >= 15 is 0 Å². The van der Waals surface area contributed by atoms with Crippen LogP contribution in [0.25, 0.3) is 28.1 Å². The van der Waals surface area contributed by atoms with Gasteiger partial charge in [0, 0.05) is 43.8 Å². The molecule has 0 unspecified atom stereocenters. The van der Waals surface area contributed by atoms with Gasteiger partial charge in [-0.1, -0.05) is 0 Å². The summed E-state index contributed by atoms with van der Waals surface area (Å²) in [5.74, 6) is -3.57. The third kappa shape index (κ3) is 3.73. The highest BCUT2D eigenvalue weighted by Gasteiger charge is 2.30. The number of aromatic nitrogens is 7. The lowest BCUT2D eigenvalue weighted by atomic mass is 10.2. The number of anilines is 1. The molecule has 0 bridgehead atoms. The van der Waals surface area contributed by atoms with Crippen LogP contribution in [-0.4, -0.2) is 40.4 Å². The van der Waals surface area contributed by atoms with Gasteiger partial charge in [0.15, 0.2) is 0 Å². The van der Waals surface area contributed by atoms with Gasteiger partial charge in [0.05, 0.1) is 24.0 Å². The number of pyridine rings is 1. The van der Waals surface area contributed by atoms with Crippen LogP contribution in [0, 0.1) is 0 Å². The standard InChI is InChI=1S/C19H18F2N8O/c1-4-29-23-10-14(27-29)13-7-17(26-18(25-13)19(3,20)21)28-6-5-12-9-22-16(8-15(12)28)24-11(2)30/h5-10H,4H2,1-3H3,(H,22,24,30). The largest absolute Gasteiger partial charge is 0.311 e. The summed E-state index contributed by atoms with van der Waals surface area (Å²) >= 11 is 0. The molecule has 4 heterocycles. The highest BCUT2D eigenvalue weighted by molar-refractivity contribution is 5.91. The fourth-order valence-corrected chi connectivity index (χ4v) is 2.93. The average molecular weight is 412 g/mol. The highest BCUT2D eigenvalue weighted by Crippen LogP contribution is 2.29. The maximum Gasteiger partial charge on any atom is 0.303 e. The summed E-state index contributed by atoms with van der Waals surface area (Å²) in [6.07, 6.45) is 4.75. The number of alkyl halides is 2. The molecule has 0 saturated carbocycles. The molecule has 30 heavy (non-hydrogen) atoms. The molecule has 4 aromatic heterocycles. The van der Waals surface area contributed by atoms with Crippen LogP contribution >= 0.6 is 0 Å². The van der Waals surface area contributed by atoms with Crippen LogP contribution in [-0.2, 0) is 17.3 Å². The van der Waals surface area contributed by atoms with Gasteiger partial charge in [-0.05, 0) is 13.0 Å². The van der Waals surface area contributed by atoms with E-state index in [9.17, 15) is 13.6 Å². The summed E-state index contributed by atoms with van der Waals surface area (Å²) in [7, 11) is 0. The van der Waals surface area contributed by atoms with Crippen molar-refractivity contribution in [3.63, 3.8) is 0 Å². The van der Waals surface area contributed by atoms with Gasteiger partial charge in [0.2, 0.25) is 11.7 Å². The molecule has 0 spiro atoms. The molecule has 4 aromatic rings. The number of nitrogens with zero attached hydrogens (tertiary/aromatic N) is 7. The highest BCUT2D eigenvalue weighted by atomic mass is 19.3. The van der Waals surface area contributed by atoms with Crippen LogP contribution < -0.4 is 5.32 Å². The molecule has 154 valence electrons. The lowest BCUT2D eigenvalue weighted by Gasteiger charge is -2.13. The summed E-state index contributed by atoms with van der Waals surface area (Å²) in [5.41, 5.74) is 1.23. The Bertz CT molecular complexity index is 1240. The smallest absolute Gasteiger partial charge is 0.303 e. The second-order valence-corrected chi connectivity index (χ2v) is 6.74. The first-order valence-corrected chi connectivity index (χ1v) is 9.17. The van der Waals surface area contributed by atoms with E-state index in [-0.39, 0.29) is 17.4 Å². The fraction of sp³-hybridized carbons (Fsp3) is 0.263. The number of amides is 1. The summed E-state index contributed by atoms with van der Waals surface area (Å²) in [4.78, 5) is 25.0. The third-order valence-corrected chi connectivity index (χ3v) is 4.31. The molecular weight excluding hydrogens is 394 g/mol. The molecule has 1 N–H and O–H groups in total. The van der Waals surface area contributed by atoms with Gasteiger partial charge in [-0.25, -0.2) is 15.0 Å². The van der Waals surface area contributed by atoms with Gasteiger partial charge in [0.25, 0.3) is 0 Å². The maximum atomic E-state index is 14.1. The maximum absolute atomic E-state index is 14.1. The number of fused-ring (bicyclic) bond motifs is 1. The molecule has 0 saturated heterocycles. The summed E-state index contributed by atoms with van der Waals surface area (Å²) < 4.78 is 29.9. The van der Waals surface area contributed by atoms with Crippen molar-refractivity contribution >= 4 is 22.6 Å². The third-order valence-electron chi connectivity index (χ3n) is 4.31. The van der Waals surface area contributed by atoms with Crippen molar-refractivity contribution in [1.29, 1.82) is 0 Å². The zero-order valence-corrected chi connectivity index (χ0v) is 16.5. The van der Waals surface area contributed by atoms with Gasteiger partial charge in [-0.3, -0.25) is 4.79 Å². The first-order valence-electron chi connectivity index (χ1n) is 9.17. The molecule has 0 aromatic carbocycles. The minimum absolute atomic E-state index is 0.231. The molecule has 1 amide bonds. The Morgan fingerprint density at radius 1 is 1.20 bits per heavy atom. The van der Waals surface area contributed by atoms with E-state index < -0.39 is 11.7 Å². The van der Waals surface area contributed by atoms with Crippen molar-refractivity contribution in [3.8, 4) is 17.2 Å². The number of carbonyl (C=O) groups excluding carboxylic acids is 1. The van der Waals surface area contributed by atoms with Crippen molar-refractivity contribution in [2.45, 2.75) is 33.2 Å². The minimum atomic E-state index is -3.25. The molecule has 0 aliphatic carbocycles. The van der Waals surface area contributed by atoms with Gasteiger partial charge < -0.3 is 9.88 Å². The van der Waals surface area contributed by atoms with Gasteiger partial charge in [0.1, 0.15) is 17.3 Å². The molecule has 9 nitrogen and oxygen atoms in total. The molecule has 0 aliphatic heterocycles. The minimum Gasteiger partial charge on any atom is -0.311 e. The van der Waals surface area contributed by atoms with E-state index in [0.717, 1.165) is 12.3 Å². The molecule has 0 radical (unpaired) electrons. The first kappa shape index (κ1) is 19.6. The van der Waals surface area contributed by atoms with E-state index in [2.05, 4.69) is 30.5 Å². The number of nitrogens with one attached hydrogen (secondary N) is 1. The van der Waals surface area contributed by atoms with Gasteiger partial charge in [-0.2, -0.15) is 23.8 Å². The topological polar surface area (TPSA) is 103 Å². The van der Waals surface area contributed by atoms with Crippen LogP contribution in [0.15, 0.2) is 36.8 Å². The Morgan fingerprint density at radius 2 is 2.00 bits per heavy atom. The molecule has 11 heteroatoms. The Morgan fingerprint density at radius 3 is 2.67 bits per heavy atom. The fourth-order valence-electron chi connectivity index (χ4n) is 2.93. The predicted molar refractivity (Wildman–Crippen MR) is 105 cm³/mol. The van der Waals surface area contributed by atoms with Crippen molar-refractivity contribution in [2.75, 3.05) is 5.32 Å². The monoisotopic (exact) mass is 412 g/mol. The van der Waals surface area contributed by atoms with E-state index in [4.69, 9.17) is 0 Å². The van der Waals surface area contributed by atoms with Crippen LogP contribution in [0.1, 0.15) is 26.6 Å². The molecule has 0 atom stereocenters. The second kappa shape index (κ2) is 7.25. The van der Waals surface area contributed by atoms with E-state index in [1.807, 2.05) is 6.92 Å². The Hall–Kier alpha value is -3.76. The van der Waals surface area contributed by atoms with Crippen LogP contribution in [0.5, 0.6) is 0 Å². The zero-order chi connectivity index (χ0) is 21.5. The molecular formula is C19H18F2N8O. The summed E-state index contributed by atoms with van der Waals surface area (Å²) in [5, 5.41) is 11.7. The summed E-state index contributed by atoms with van der Waals surface area (Å²) in [6.45, 7) is 4.52. The van der Waals surface area contributed by atoms with Crippen molar-refractivity contribution in [3.05, 3.63) is 42.6 Å². The lowest BCUT2D eigenvalue weighted by molar-refractivity contribution is -0.114. The molecule has 0 fully saturated rings. The molecule has 0 aliphatic rings. The van der Waals surface area contributed by atoms with Crippen LogP contribution in [0.3, 0.4) is 0 Å². The molecule has 4 rings (SSSR count). The lowest BCUT2D eigenvalue weighted by Crippen LogP contribution is -2.15. The Kier molecular flexibility index (Phi) is 4.72. The summed E-state index contributed by atoms with van der Waals surface area (Å²) in [6, 6.07) is 4.99. The van der Waals surface area contributed by atoms with Crippen molar-refractivity contribution in [2.24, 2.45) is 0 Å². The van der Waals surface area contributed by atoms with Gasteiger partial charge in [-0.15, -0.1) is 0 Å². The first-order chi connectivity index (χ1) is 14.2. The number of carbonyl (C=O) groups is 1. The predicted octanol–water partition coefficient (Wildman–Crippen LogP) is 3.16. The van der Waals surface area contributed by atoms with Crippen molar-refractivity contribution in [1.82, 2.24) is 34.5 Å². The van der Waals surface area contributed by atoms with Crippen molar-refractivity contribution < 1.29 is 13.6 Å². The second-order valence-electron chi connectivity index (χ2n) is 6.74. The van der Waals surface area contributed by atoms with Crippen LogP contribution in [0.4, 0.5) is 14.6 Å². The zero-order valence-electron chi connectivity index (χ0n) is 16.5. The SMILES string of the molecule is CCn1ncc(-c2cc(-n3ccc4cnc(NC(C)=O)cc43)nc(C(C)(F)F)n2)n1. The quantitative estimate of drug-likeness (QED) is 0.540. The number of hydrogen-bond acceptors (Lipinski definition) is 6. The normalized spacial score (nSPS) is 11.8.